The Kier molecular flexibility index (Phi) is 4.52. The largest absolute Gasteiger partial charge is 0.465 e. The molecule has 2 heterocycles. The molecular formula is C9H10Cl2N6O2. The first-order valence-corrected chi connectivity index (χ1v) is 5.19. The van der Waals surface area contributed by atoms with E-state index in [4.69, 9.17) is 22.4 Å². The standard InChI is InChI=1S/C9H9ClN6O2.ClH/c1-16-8(13-9(17)18)6(14-15-16)5-3-2-4(11)7(10)12-5;/h2-3,13H,11H2,1H3,(H,17,18);1H. The van der Waals surface area contributed by atoms with Crippen molar-refractivity contribution in [3.05, 3.63) is 17.3 Å². The lowest BCUT2D eigenvalue weighted by atomic mass is 10.2. The molecule has 1 amide bonds. The van der Waals surface area contributed by atoms with Crippen LogP contribution in [0.5, 0.6) is 0 Å². The summed E-state index contributed by atoms with van der Waals surface area (Å²) in [5, 5.41) is 18.6. The Balaban J connectivity index is 0.00000180. The minimum Gasteiger partial charge on any atom is -0.465 e. The SMILES string of the molecule is Cl.Cn1nnc(-c2ccc(N)c(Cl)n2)c1NC(=O)O. The van der Waals surface area contributed by atoms with Crippen molar-refractivity contribution in [3.63, 3.8) is 0 Å². The summed E-state index contributed by atoms with van der Waals surface area (Å²) in [5.74, 6) is 0.204. The van der Waals surface area contributed by atoms with Crippen molar-refractivity contribution in [2.45, 2.75) is 0 Å². The Labute approximate surface area is 119 Å². The number of pyridine rings is 1. The number of carbonyl (C=O) groups is 1. The fourth-order valence-corrected chi connectivity index (χ4v) is 1.50. The molecule has 0 aromatic carbocycles. The zero-order valence-corrected chi connectivity index (χ0v) is 11.2. The zero-order chi connectivity index (χ0) is 13.3. The van der Waals surface area contributed by atoms with Gasteiger partial charge in [-0.3, -0.25) is 5.32 Å². The second-order valence-corrected chi connectivity index (χ2v) is 3.77. The predicted molar refractivity (Wildman–Crippen MR) is 72.6 cm³/mol. The number of nitrogens with two attached hydrogens (primary N) is 1. The van der Waals surface area contributed by atoms with Crippen LogP contribution in [-0.4, -0.2) is 31.2 Å². The maximum Gasteiger partial charge on any atom is 0.410 e. The third-order valence-corrected chi connectivity index (χ3v) is 2.48. The van der Waals surface area contributed by atoms with Gasteiger partial charge in [-0.05, 0) is 12.1 Å². The number of nitrogens with zero attached hydrogens (tertiary/aromatic N) is 4. The lowest BCUT2D eigenvalue weighted by Crippen LogP contribution is -2.12. The molecule has 19 heavy (non-hydrogen) atoms. The van der Waals surface area contributed by atoms with Gasteiger partial charge in [0.1, 0.15) is 0 Å². The second-order valence-electron chi connectivity index (χ2n) is 3.42. The van der Waals surface area contributed by atoms with Crippen molar-refractivity contribution in [3.8, 4) is 11.4 Å². The molecule has 0 bridgehead atoms. The predicted octanol–water partition coefficient (Wildman–Crippen LogP) is 1.62. The van der Waals surface area contributed by atoms with Crippen molar-refractivity contribution in [2.75, 3.05) is 11.1 Å². The Morgan fingerprint density at radius 3 is 2.79 bits per heavy atom. The molecule has 0 saturated heterocycles. The highest BCUT2D eigenvalue weighted by Crippen LogP contribution is 2.26. The zero-order valence-electron chi connectivity index (χ0n) is 9.66. The van der Waals surface area contributed by atoms with Crippen LogP contribution in [0.2, 0.25) is 5.15 Å². The van der Waals surface area contributed by atoms with Crippen molar-refractivity contribution in [1.29, 1.82) is 0 Å². The van der Waals surface area contributed by atoms with Crippen LogP contribution >= 0.6 is 24.0 Å². The van der Waals surface area contributed by atoms with Crippen LogP contribution in [-0.2, 0) is 7.05 Å². The second kappa shape index (κ2) is 5.72. The Hall–Kier alpha value is -2.06. The van der Waals surface area contributed by atoms with Gasteiger partial charge in [0.25, 0.3) is 0 Å². The number of halogens is 2. The van der Waals surface area contributed by atoms with Gasteiger partial charge >= 0.3 is 6.09 Å². The van der Waals surface area contributed by atoms with Crippen LogP contribution in [0.15, 0.2) is 12.1 Å². The van der Waals surface area contributed by atoms with Gasteiger partial charge in [-0.15, -0.1) is 17.5 Å². The van der Waals surface area contributed by atoms with Gasteiger partial charge in [0.05, 0.1) is 11.4 Å². The normalized spacial score (nSPS) is 9.79. The summed E-state index contributed by atoms with van der Waals surface area (Å²) < 4.78 is 1.29. The van der Waals surface area contributed by atoms with Crippen LogP contribution in [0.4, 0.5) is 16.3 Å². The van der Waals surface area contributed by atoms with Crippen molar-refractivity contribution >= 4 is 41.6 Å². The molecule has 0 saturated carbocycles. The van der Waals surface area contributed by atoms with E-state index in [0.717, 1.165) is 0 Å². The highest BCUT2D eigenvalue weighted by atomic mass is 35.5. The quantitative estimate of drug-likeness (QED) is 0.725. The van der Waals surface area contributed by atoms with E-state index in [9.17, 15) is 4.79 Å². The first kappa shape index (κ1) is 15.0. The Morgan fingerprint density at radius 1 is 1.53 bits per heavy atom. The Bertz CT molecular complexity index is 615. The van der Waals surface area contributed by atoms with Gasteiger partial charge in [0, 0.05) is 7.05 Å². The Morgan fingerprint density at radius 2 is 2.21 bits per heavy atom. The summed E-state index contributed by atoms with van der Waals surface area (Å²) in [6, 6.07) is 3.14. The number of hydrogen-bond acceptors (Lipinski definition) is 5. The molecule has 0 radical (unpaired) electrons. The highest BCUT2D eigenvalue weighted by Gasteiger charge is 2.16. The number of anilines is 2. The highest BCUT2D eigenvalue weighted by molar-refractivity contribution is 6.31. The monoisotopic (exact) mass is 304 g/mol. The van der Waals surface area contributed by atoms with Crippen molar-refractivity contribution < 1.29 is 9.90 Å². The van der Waals surface area contributed by atoms with E-state index in [0.29, 0.717) is 11.4 Å². The maximum atomic E-state index is 10.7. The maximum absolute atomic E-state index is 10.7. The van der Waals surface area contributed by atoms with Crippen molar-refractivity contribution in [2.24, 2.45) is 7.05 Å². The molecule has 0 fully saturated rings. The number of hydrogen-bond donors (Lipinski definition) is 3. The summed E-state index contributed by atoms with van der Waals surface area (Å²) in [6.45, 7) is 0. The number of rotatable bonds is 2. The molecule has 102 valence electrons. The molecule has 0 spiro atoms. The number of carboxylic acid groups (broad SMARTS) is 1. The van der Waals surface area contributed by atoms with Crippen LogP contribution in [0.3, 0.4) is 0 Å². The molecule has 0 unspecified atom stereocenters. The first-order valence-electron chi connectivity index (χ1n) is 4.81. The van der Waals surface area contributed by atoms with Gasteiger partial charge < -0.3 is 10.8 Å². The summed E-state index contributed by atoms with van der Waals surface area (Å²) >= 11 is 5.80. The molecule has 4 N–H and O–H groups in total. The van der Waals surface area contributed by atoms with E-state index in [2.05, 4.69) is 20.6 Å². The van der Waals surface area contributed by atoms with Gasteiger partial charge in [-0.1, -0.05) is 16.8 Å². The van der Waals surface area contributed by atoms with E-state index in [-0.39, 0.29) is 29.1 Å². The molecule has 0 aliphatic carbocycles. The van der Waals surface area contributed by atoms with E-state index in [1.54, 1.807) is 19.2 Å². The summed E-state index contributed by atoms with van der Waals surface area (Å²) in [6.07, 6.45) is -1.22. The van der Waals surface area contributed by atoms with Crippen LogP contribution in [0, 0.1) is 0 Å². The minimum atomic E-state index is -1.22. The first-order chi connectivity index (χ1) is 8.49. The molecule has 2 aromatic rings. The molecule has 0 aliphatic rings. The van der Waals surface area contributed by atoms with Gasteiger partial charge in [0.2, 0.25) is 0 Å². The summed E-state index contributed by atoms with van der Waals surface area (Å²) in [7, 11) is 1.56. The number of amides is 1. The molecule has 0 atom stereocenters. The van der Waals surface area contributed by atoms with Crippen LogP contribution < -0.4 is 11.1 Å². The topological polar surface area (TPSA) is 119 Å². The van der Waals surface area contributed by atoms with Crippen LogP contribution in [0.1, 0.15) is 0 Å². The molecule has 0 aliphatic heterocycles. The average molecular weight is 305 g/mol. The van der Waals surface area contributed by atoms with E-state index < -0.39 is 6.09 Å². The van der Waals surface area contributed by atoms with E-state index in [1.165, 1.54) is 4.68 Å². The fraction of sp³-hybridized carbons (Fsp3) is 0.111. The molecule has 2 aromatic heterocycles. The number of aromatic nitrogens is 4. The third kappa shape index (κ3) is 3.04. The van der Waals surface area contributed by atoms with Gasteiger partial charge in [0.15, 0.2) is 16.7 Å². The fourth-order valence-electron chi connectivity index (χ4n) is 1.35. The lowest BCUT2D eigenvalue weighted by molar-refractivity contribution is 0.209. The molecule has 8 nitrogen and oxygen atoms in total. The summed E-state index contributed by atoms with van der Waals surface area (Å²) in [4.78, 5) is 14.7. The van der Waals surface area contributed by atoms with Crippen molar-refractivity contribution in [1.82, 2.24) is 20.0 Å². The smallest absolute Gasteiger partial charge is 0.410 e. The van der Waals surface area contributed by atoms with E-state index >= 15 is 0 Å². The number of nitrogens with one attached hydrogen (secondary N) is 1. The molecule has 2 rings (SSSR count). The summed E-state index contributed by atoms with van der Waals surface area (Å²) in [5.41, 5.74) is 6.54. The molecule has 10 heteroatoms. The lowest BCUT2D eigenvalue weighted by Gasteiger charge is -2.04. The number of nitrogen functional groups attached to an aromatic ring is 1. The average Bonchev–Trinajstić information content (AvgIpc) is 2.64. The number of aryl methyl sites for hydroxylation is 1. The van der Waals surface area contributed by atoms with Crippen LogP contribution in [0.25, 0.3) is 11.4 Å². The molecular weight excluding hydrogens is 295 g/mol. The van der Waals surface area contributed by atoms with Gasteiger partial charge in [-0.25, -0.2) is 14.5 Å². The van der Waals surface area contributed by atoms with E-state index in [1.807, 2.05) is 0 Å². The minimum absolute atomic E-state index is 0. The third-order valence-electron chi connectivity index (χ3n) is 2.17. The van der Waals surface area contributed by atoms with Gasteiger partial charge in [-0.2, -0.15) is 0 Å².